The van der Waals surface area contributed by atoms with Crippen molar-refractivity contribution in [2.75, 3.05) is 84.6 Å². The van der Waals surface area contributed by atoms with E-state index in [4.69, 9.17) is 23.7 Å². The van der Waals surface area contributed by atoms with Crippen molar-refractivity contribution in [3.63, 3.8) is 0 Å². The molecule has 78 heavy (non-hydrogen) atoms. The molecule has 426 valence electrons. The minimum absolute atomic E-state index is 0.0405. The van der Waals surface area contributed by atoms with E-state index in [-0.39, 0.29) is 54.2 Å². The fraction of sp³-hybridized carbons (Fsp3) is 0.434. The van der Waals surface area contributed by atoms with Crippen LogP contribution in [-0.4, -0.2) is 153 Å². The number of methoxy groups -OCH3 is 1. The standard InChI is InChI=1S/C53H66N2O19S4/c1-6-54-43-20-18-39-41(33-37(75(58,59)60)35-45(39)77(64,65)66)50(43)52(2,3)47(54)15-11-8-7-9-12-16-48-53(4,22-24-71-27-28-73-31-32-74-30-29-72-26-25-70-5)51-42-34-38(76(61,62)63)36-46(78(67,68)69)40(42)19-21-44(51)55(48)23-14-10-13-17-49(56)57/h7-9,11-12,15-16,18-21,33-36H,6,10,13-14,17,22-32H2,1-5H3,(H4-,56,57,58,59,60,61,62,63,64,65,66,67,68,69). The summed E-state index contributed by atoms with van der Waals surface area (Å²) in [6.45, 7) is 11.3. The SMILES string of the molecule is CC[N+]1=C(/C=C/C=C/C=C/C=C2/N(CCCCCC(=O)O)c3ccc4c(S(=O)(=O)[O-])cc(S(=O)(=O)O)cc4c3C2(C)CCOCCOCCOCCOCCOC)C(C)(C)c2c1ccc1c(S(=O)(=O)O)cc(S(=O)(=O)O)cc21. The minimum atomic E-state index is -5.29. The zero-order valence-electron chi connectivity index (χ0n) is 43.9. The number of allylic oxidation sites excluding steroid dienone is 8. The maximum Gasteiger partial charge on any atom is 0.303 e. The highest BCUT2D eigenvalue weighted by molar-refractivity contribution is 7.87. The Morgan fingerprint density at radius 3 is 1.72 bits per heavy atom. The molecule has 0 aliphatic carbocycles. The third kappa shape index (κ3) is 14.6. The molecule has 0 aromatic heterocycles. The van der Waals surface area contributed by atoms with Gasteiger partial charge in [0.25, 0.3) is 30.4 Å². The Labute approximate surface area is 455 Å². The van der Waals surface area contributed by atoms with Crippen LogP contribution in [-0.2, 0) is 79.8 Å². The molecule has 2 aliphatic heterocycles. The van der Waals surface area contributed by atoms with Gasteiger partial charge in [-0.2, -0.15) is 29.8 Å². The Bertz CT molecular complexity index is 3510. The van der Waals surface area contributed by atoms with Gasteiger partial charge in [-0.25, -0.2) is 8.42 Å². The molecule has 25 heteroatoms. The number of benzene rings is 4. The van der Waals surface area contributed by atoms with E-state index in [0.717, 1.165) is 11.8 Å². The highest BCUT2D eigenvalue weighted by Gasteiger charge is 2.47. The maximum atomic E-state index is 12.7. The molecular formula is C53H66N2O19S4. The molecule has 0 spiro atoms. The van der Waals surface area contributed by atoms with Crippen LogP contribution in [0.3, 0.4) is 0 Å². The number of hydrogen-bond acceptors (Lipinski definition) is 16. The largest absolute Gasteiger partial charge is 0.744 e. The molecule has 21 nitrogen and oxygen atoms in total. The van der Waals surface area contributed by atoms with Crippen LogP contribution in [0.5, 0.6) is 0 Å². The van der Waals surface area contributed by atoms with Crippen molar-refractivity contribution < 1.29 is 90.0 Å². The number of carbonyl (C=O) groups is 1. The first-order valence-electron chi connectivity index (χ1n) is 24.9. The van der Waals surface area contributed by atoms with Crippen molar-refractivity contribution in [2.24, 2.45) is 0 Å². The maximum absolute atomic E-state index is 12.7. The molecule has 4 aromatic carbocycles. The highest BCUT2D eigenvalue weighted by atomic mass is 32.2. The summed E-state index contributed by atoms with van der Waals surface area (Å²) >= 11 is 0. The van der Waals surface area contributed by atoms with Crippen molar-refractivity contribution in [2.45, 2.75) is 90.2 Å². The number of carboxylic acids is 1. The number of carboxylic acid groups (broad SMARTS) is 1. The first-order chi connectivity index (χ1) is 36.7. The van der Waals surface area contributed by atoms with E-state index >= 15 is 0 Å². The molecular weight excluding hydrogens is 1100 g/mol. The molecule has 0 fully saturated rings. The molecule has 0 amide bonds. The van der Waals surface area contributed by atoms with Crippen molar-refractivity contribution >= 4 is 85.1 Å². The van der Waals surface area contributed by atoms with Gasteiger partial charge in [0.2, 0.25) is 5.69 Å². The number of nitrogens with zero attached hydrogens (tertiary/aromatic N) is 2. The van der Waals surface area contributed by atoms with Crippen molar-refractivity contribution in [1.82, 2.24) is 0 Å². The molecule has 0 saturated heterocycles. The fourth-order valence-electron chi connectivity index (χ4n) is 10.1. The molecule has 2 heterocycles. The Morgan fingerprint density at radius 2 is 1.17 bits per heavy atom. The quantitative estimate of drug-likeness (QED) is 0.0175. The zero-order valence-corrected chi connectivity index (χ0v) is 47.2. The van der Waals surface area contributed by atoms with Crippen LogP contribution < -0.4 is 4.90 Å². The smallest absolute Gasteiger partial charge is 0.303 e. The van der Waals surface area contributed by atoms with Gasteiger partial charge in [0, 0.05) is 66.6 Å². The zero-order chi connectivity index (χ0) is 57.3. The van der Waals surface area contributed by atoms with Crippen LogP contribution in [0.25, 0.3) is 21.5 Å². The van der Waals surface area contributed by atoms with Crippen LogP contribution in [0.2, 0.25) is 0 Å². The number of aliphatic carboxylic acids is 1. The van der Waals surface area contributed by atoms with Crippen LogP contribution in [0, 0.1) is 0 Å². The number of fused-ring (bicyclic) bond motifs is 6. The first kappa shape index (κ1) is 61.9. The Hall–Kier alpha value is -5.26. The second-order valence-electron chi connectivity index (χ2n) is 19.1. The number of anilines is 1. The van der Waals surface area contributed by atoms with Gasteiger partial charge in [0.05, 0.1) is 73.0 Å². The summed E-state index contributed by atoms with van der Waals surface area (Å²) in [5.41, 5.74) is 1.77. The molecule has 4 N–H and O–H groups in total. The van der Waals surface area contributed by atoms with Gasteiger partial charge < -0.3 is 38.2 Å². The normalized spacial score (nSPS) is 17.6. The van der Waals surface area contributed by atoms with E-state index in [1.54, 1.807) is 49.6 Å². The van der Waals surface area contributed by atoms with Crippen LogP contribution >= 0.6 is 0 Å². The van der Waals surface area contributed by atoms with Gasteiger partial charge in [0.15, 0.2) is 5.71 Å². The molecule has 1 atom stereocenters. The summed E-state index contributed by atoms with van der Waals surface area (Å²) < 4.78 is 173. The predicted molar refractivity (Wildman–Crippen MR) is 290 cm³/mol. The lowest BCUT2D eigenvalue weighted by Crippen LogP contribution is -2.30. The summed E-state index contributed by atoms with van der Waals surface area (Å²) in [4.78, 5) is 10.4. The van der Waals surface area contributed by atoms with Gasteiger partial charge >= 0.3 is 5.97 Å². The summed E-state index contributed by atoms with van der Waals surface area (Å²) in [7, 11) is -18.5. The van der Waals surface area contributed by atoms with E-state index in [2.05, 4.69) is 0 Å². The van der Waals surface area contributed by atoms with E-state index in [1.165, 1.54) is 18.2 Å². The van der Waals surface area contributed by atoms with Gasteiger partial charge in [-0.3, -0.25) is 18.5 Å². The summed E-state index contributed by atoms with van der Waals surface area (Å²) in [5, 5.41) is 9.63. The third-order valence-corrected chi connectivity index (χ3v) is 17.1. The van der Waals surface area contributed by atoms with E-state index in [9.17, 15) is 61.8 Å². The monoisotopic (exact) mass is 1160 g/mol. The van der Waals surface area contributed by atoms with Crippen molar-refractivity contribution in [3.05, 3.63) is 108 Å². The fourth-order valence-corrected chi connectivity index (χ4v) is 12.7. The number of hydrogen-bond donors (Lipinski definition) is 4. The van der Waals surface area contributed by atoms with Crippen molar-refractivity contribution in [3.8, 4) is 0 Å². The number of ether oxygens (including phenoxy) is 5. The van der Waals surface area contributed by atoms with Gasteiger partial charge in [-0.05, 0) is 111 Å². The molecule has 4 aromatic rings. The van der Waals surface area contributed by atoms with Crippen molar-refractivity contribution in [1.29, 1.82) is 0 Å². The van der Waals surface area contributed by atoms with Crippen LogP contribution in [0.1, 0.15) is 70.9 Å². The minimum Gasteiger partial charge on any atom is -0.744 e. The lowest BCUT2D eigenvalue weighted by atomic mass is 9.76. The van der Waals surface area contributed by atoms with Crippen LogP contribution in [0.15, 0.2) is 116 Å². The summed E-state index contributed by atoms with van der Waals surface area (Å²) in [6, 6.07) is 9.93. The van der Waals surface area contributed by atoms with Crippen LogP contribution in [0.4, 0.5) is 11.4 Å². The average molecular weight is 1160 g/mol. The molecule has 2 aliphatic rings. The second kappa shape index (κ2) is 25.9. The second-order valence-corrected chi connectivity index (χ2v) is 24.7. The highest BCUT2D eigenvalue weighted by Crippen LogP contribution is 2.54. The third-order valence-electron chi connectivity index (χ3n) is 13.6. The average Bonchev–Trinajstić information content (AvgIpc) is 3.89. The van der Waals surface area contributed by atoms with E-state index < -0.39 is 76.9 Å². The Morgan fingerprint density at radius 1 is 0.641 bits per heavy atom. The predicted octanol–water partition coefficient (Wildman–Crippen LogP) is 7.11. The Kier molecular flexibility index (Phi) is 20.6. The summed E-state index contributed by atoms with van der Waals surface area (Å²) in [6.07, 6.45) is 14.2. The van der Waals surface area contributed by atoms with Gasteiger partial charge in [-0.15, -0.1) is 0 Å². The number of unbranched alkanes of at least 4 members (excludes halogenated alkanes) is 2. The number of rotatable bonds is 30. The van der Waals surface area contributed by atoms with Gasteiger partial charge in [0.1, 0.15) is 21.6 Å². The molecule has 0 saturated carbocycles. The molecule has 1 unspecified atom stereocenters. The topological polar surface area (TPSA) is 310 Å². The summed E-state index contributed by atoms with van der Waals surface area (Å²) in [5.74, 6) is -0.938. The molecule has 0 radical (unpaired) electrons. The van der Waals surface area contributed by atoms with E-state index in [0.29, 0.717) is 112 Å². The lowest BCUT2D eigenvalue weighted by Gasteiger charge is -2.31. The lowest BCUT2D eigenvalue weighted by molar-refractivity contribution is -0.433. The molecule has 0 bridgehead atoms. The Balaban J connectivity index is 1.33. The first-order valence-corrected chi connectivity index (χ1v) is 30.7. The van der Waals surface area contributed by atoms with E-state index in [1.807, 2.05) is 49.3 Å². The molecule has 6 rings (SSSR count). The van der Waals surface area contributed by atoms with Gasteiger partial charge in [-0.1, -0.05) is 42.9 Å².